The van der Waals surface area contributed by atoms with Gasteiger partial charge in [-0.2, -0.15) is 0 Å². The summed E-state index contributed by atoms with van der Waals surface area (Å²) >= 11 is 0. The van der Waals surface area contributed by atoms with E-state index in [1.807, 2.05) is 0 Å². The second-order valence-corrected chi connectivity index (χ2v) is 7.86. The fourth-order valence-corrected chi connectivity index (χ4v) is 3.50. The van der Waals surface area contributed by atoms with E-state index in [1.165, 1.54) is 64.2 Å². The van der Waals surface area contributed by atoms with Gasteiger partial charge in [0.25, 0.3) is 0 Å². The van der Waals surface area contributed by atoms with Crippen molar-refractivity contribution < 1.29 is 24.9 Å². The zero-order chi connectivity index (χ0) is 19.9. The molecule has 6 heteroatoms. The first-order valence-corrected chi connectivity index (χ1v) is 11.0. The minimum atomic E-state index is -1.26. The Balaban J connectivity index is 1.90. The van der Waals surface area contributed by atoms with E-state index in [-0.39, 0.29) is 18.9 Å². The van der Waals surface area contributed by atoms with Crippen LogP contribution in [-0.4, -0.2) is 58.8 Å². The average Bonchev–Trinajstić information content (AvgIpc) is 2.66. The zero-order valence-corrected chi connectivity index (χ0v) is 17.1. The van der Waals surface area contributed by atoms with Crippen molar-refractivity contribution in [2.45, 2.75) is 115 Å². The molecule has 6 nitrogen and oxygen atoms in total. The molecule has 0 aromatic carbocycles. The summed E-state index contributed by atoms with van der Waals surface area (Å²) in [4.78, 5) is 11.9. The number of aliphatic hydroxyl groups excluding tert-OH is 3. The fourth-order valence-electron chi connectivity index (χ4n) is 3.50. The number of amides is 1. The number of unbranched alkanes of at least 4 members (excludes halogenated alkanes) is 11. The molecule has 1 fully saturated rings. The summed E-state index contributed by atoms with van der Waals surface area (Å²) in [6.45, 7) is 2.82. The topological polar surface area (TPSA) is 99.0 Å². The normalized spacial score (nSPS) is 25.5. The third kappa shape index (κ3) is 11.0. The van der Waals surface area contributed by atoms with E-state index in [0.29, 0.717) is 6.54 Å². The molecule has 0 aliphatic carbocycles. The van der Waals surface area contributed by atoms with Gasteiger partial charge in [-0.3, -0.25) is 4.79 Å². The van der Waals surface area contributed by atoms with Crippen molar-refractivity contribution in [3.63, 3.8) is 0 Å². The Morgan fingerprint density at radius 3 is 1.93 bits per heavy atom. The van der Waals surface area contributed by atoms with Crippen LogP contribution in [0.1, 0.15) is 90.4 Å². The molecule has 0 saturated carbocycles. The smallest absolute Gasteiger partial charge is 0.222 e. The quantitative estimate of drug-likeness (QED) is 0.324. The van der Waals surface area contributed by atoms with Gasteiger partial charge in [-0.05, 0) is 6.42 Å². The van der Waals surface area contributed by atoms with Gasteiger partial charge in [-0.25, -0.2) is 0 Å². The van der Waals surface area contributed by atoms with Gasteiger partial charge in [-0.1, -0.05) is 77.6 Å². The molecule has 4 N–H and O–H groups in total. The van der Waals surface area contributed by atoms with Gasteiger partial charge in [0.15, 0.2) is 0 Å². The highest BCUT2D eigenvalue weighted by atomic mass is 16.5. The highest BCUT2D eigenvalue weighted by Gasteiger charge is 2.38. The van der Waals surface area contributed by atoms with Crippen LogP contribution in [0.15, 0.2) is 0 Å². The highest BCUT2D eigenvalue weighted by Crippen LogP contribution is 2.18. The minimum absolute atomic E-state index is 0.00318. The van der Waals surface area contributed by atoms with E-state index < -0.39 is 24.4 Å². The lowest BCUT2D eigenvalue weighted by Crippen LogP contribution is -2.53. The van der Waals surface area contributed by atoms with Crippen LogP contribution in [0.3, 0.4) is 0 Å². The van der Waals surface area contributed by atoms with Crippen LogP contribution in [0.4, 0.5) is 0 Å². The van der Waals surface area contributed by atoms with Crippen LogP contribution in [-0.2, 0) is 9.53 Å². The summed E-state index contributed by atoms with van der Waals surface area (Å²) in [5, 5.41) is 31.7. The maximum atomic E-state index is 11.9. The molecule has 0 spiro atoms. The van der Waals surface area contributed by atoms with Gasteiger partial charge in [0.05, 0.1) is 19.1 Å². The molecule has 0 aromatic rings. The van der Waals surface area contributed by atoms with E-state index in [0.717, 1.165) is 12.8 Å². The summed E-state index contributed by atoms with van der Waals surface area (Å²) in [5.41, 5.74) is 0. The van der Waals surface area contributed by atoms with Crippen LogP contribution in [0, 0.1) is 0 Å². The summed E-state index contributed by atoms with van der Waals surface area (Å²) in [7, 11) is 0. The van der Waals surface area contributed by atoms with Crippen molar-refractivity contribution in [2.24, 2.45) is 0 Å². The lowest BCUT2D eigenvalue weighted by Gasteiger charge is -2.34. The molecular formula is C21H41NO5. The predicted octanol–water partition coefficient (Wildman–Crippen LogP) is 2.68. The monoisotopic (exact) mass is 387 g/mol. The molecule has 1 rings (SSSR count). The first-order chi connectivity index (χ1) is 13.1. The number of aliphatic hydroxyl groups is 3. The average molecular weight is 388 g/mol. The van der Waals surface area contributed by atoms with E-state index in [9.17, 15) is 20.1 Å². The molecule has 160 valence electrons. The van der Waals surface area contributed by atoms with E-state index >= 15 is 0 Å². The number of carbonyl (C=O) groups excluding carboxylic acids is 1. The number of rotatable bonds is 15. The molecule has 1 heterocycles. The van der Waals surface area contributed by atoms with Gasteiger partial charge in [-0.15, -0.1) is 0 Å². The standard InChI is InChI=1S/C21H41NO5/c1-2-3-4-5-6-7-8-9-10-11-12-13-14-22-19(24)15-18-21(26)20(25)17(23)16-27-18/h17-18,20-21,23,25-26H,2-16H2,1H3,(H,22,24)/t17-,18?,20+,21+/m1/s1. The van der Waals surface area contributed by atoms with Gasteiger partial charge in [0.1, 0.15) is 18.3 Å². The summed E-state index contributed by atoms with van der Waals surface area (Å²) in [6, 6.07) is 0. The Hall–Kier alpha value is -0.690. The van der Waals surface area contributed by atoms with Crippen molar-refractivity contribution in [3.8, 4) is 0 Å². The van der Waals surface area contributed by atoms with E-state index in [1.54, 1.807) is 0 Å². The van der Waals surface area contributed by atoms with E-state index in [4.69, 9.17) is 4.74 Å². The predicted molar refractivity (Wildman–Crippen MR) is 106 cm³/mol. The molecule has 4 atom stereocenters. The number of nitrogens with one attached hydrogen (secondary N) is 1. The largest absolute Gasteiger partial charge is 0.388 e. The van der Waals surface area contributed by atoms with Crippen molar-refractivity contribution in [1.82, 2.24) is 5.32 Å². The number of hydrogen-bond donors (Lipinski definition) is 4. The van der Waals surface area contributed by atoms with Gasteiger partial charge in [0.2, 0.25) is 5.91 Å². The Bertz CT molecular complexity index is 380. The lowest BCUT2D eigenvalue weighted by molar-refractivity contribution is -0.189. The summed E-state index contributed by atoms with van der Waals surface area (Å²) in [5.74, 6) is -0.189. The Morgan fingerprint density at radius 1 is 0.852 bits per heavy atom. The van der Waals surface area contributed by atoms with Crippen molar-refractivity contribution >= 4 is 5.91 Å². The fraction of sp³-hybridized carbons (Fsp3) is 0.952. The maximum Gasteiger partial charge on any atom is 0.222 e. The second-order valence-electron chi connectivity index (χ2n) is 7.86. The third-order valence-corrected chi connectivity index (χ3v) is 5.35. The second kappa shape index (κ2) is 15.3. The maximum absolute atomic E-state index is 11.9. The number of hydrogen-bond acceptors (Lipinski definition) is 5. The highest BCUT2D eigenvalue weighted by molar-refractivity contribution is 5.76. The Kier molecular flexibility index (Phi) is 13.8. The Morgan fingerprint density at radius 2 is 1.37 bits per heavy atom. The number of ether oxygens (including phenoxy) is 1. The Labute approximate surface area is 164 Å². The zero-order valence-electron chi connectivity index (χ0n) is 17.1. The van der Waals surface area contributed by atoms with Crippen LogP contribution in [0.25, 0.3) is 0 Å². The molecule has 1 unspecified atom stereocenters. The molecule has 27 heavy (non-hydrogen) atoms. The molecule has 0 radical (unpaired) electrons. The van der Waals surface area contributed by atoms with Gasteiger partial charge < -0.3 is 25.4 Å². The first-order valence-electron chi connectivity index (χ1n) is 11.0. The molecule has 1 aliphatic rings. The molecule has 1 aliphatic heterocycles. The van der Waals surface area contributed by atoms with Crippen LogP contribution in [0.2, 0.25) is 0 Å². The van der Waals surface area contributed by atoms with Crippen LogP contribution < -0.4 is 5.32 Å². The number of carbonyl (C=O) groups is 1. The third-order valence-electron chi connectivity index (χ3n) is 5.35. The van der Waals surface area contributed by atoms with Crippen molar-refractivity contribution in [2.75, 3.05) is 13.2 Å². The molecule has 1 saturated heterocycles. The van der Waals surface area contributed by atoms with Gasteiger partial charge >= 0.3 is 0 Å². The molecule has 1 amide bonds. The molecule has 0 bridgehead atoms. The molecule has 0 aromatic heterocycles. The van der Waals surface area contributed by atoms with Crippen molar-refractivity contribution in [3.05, 3.63) is 0 Å². The van der Waals surface area contributed by atoms with Gasteiger partial charge in [0, 0.05) is 6.54 Å². The lowest BCUT2D eigenvalue weighted by atomic mass is 9.98. The molecular weight excluding hydrogens is 346 g/mol. The summed E-state index contributed by atoms with van der Waals surface area (Å²) in [6.07, 6.45) is 11.0. The first kappa shape index (κ1) is 24.3. The van der Waals surface area contributed by atoms with Crippen LogP contribution in [0.5, 0.6) is 0 Å². The van der Waals surface area contributed by atoms with E-state index in [2.05, 4.69) is 12.2 Å². The SMILES string of the molecule is CCCCCCCCCCCCCCNC(=O)CC1OC[C@@H](O)[C@H](O)[C@H]1O. The van der Waals surface area contributed by atoms with Crippen molar-refractivity contribution in [1.29, 1.82) is 0 Å². The van der Waals surface area contributed by atoms with Crippen LogP contribution >= 0.6 is 0 Å². The minimum Gasteiger partial charge on any atom is -0.388 e. The summed E-state index contributed by atoms with van der Waals surface area (Å²) < 4.78 is 5.24.